The van der Waals surface area contributed by atoms with Crippen molar-refractivity contribution in [1.82, 2.24) is 5.32 Å². The fourth-order valence-electron chi connectivity index (χ4n) is 4.98. The third-order valence-corrected chi connectivity index (χ3v) is 7.48. The second kappa shape index (κ2) is 15.6. The van der Waals surface area contributed by atoms with E-state index >= 15 is 0 Å². The van der Waals surface area contributed by atoms with Crippen LogP contribution < -0.4 is 5.32 Å². The van der Waals surface area contributed by atoms with Gasteiger partial charge in [-0.25, -0.2) is 14.4 Å². The highest BCUT2D eigenvalue weighted by atomic mass is 16.6. The van der Waals surface area contributed by atoms with Crippen LogP contribution in [0.2, 0.25) is 0 Å². The molecule has 0 bridgehead atoms. The molecule has 262 valence electrons. The van der Waals surface area contributed by atoms with Gasteiger partial charge in [-0.15, -0.1) is 0 Å². The summed E-state index contributed by atoms with van der Waals surface area (Å²) in [6.07, 6.45) is 0.562. The number of ether oxygens (including phenoxy) is 3. The van der Waals surface area contributed by atoms with Gasteiger partial charge in [-0.05, 0) is 71.3 Å². The number of likely N-dealkylation sites (N-methyl/N-ethyl adjacent to an activating group) is 1. The maximum Gasteiger partial charge on any atom is 0.331 e. The predicted octanol–water partition coefficient (Wildman–Crippen LogP) is 2.37. The molecule has 0 spiro atoms. The number of carbonyl (C=O) groups is 4. The molecule has 0 saturated heterocycles. The van der Waals surface area contributed by atoms with Crippen LogP contribution in [0.3, 0.4) is 0 Å². The molecule has 0 aliphatic heterocycles. The Balaban J connectivity index is 1.64. The second-order valence-corrected chi connectivity index (χ2v) is 11.1. The Morgan fingerprint density at radius 3 is 1.26 bits per heavy atom. The van der Waals surface area contributed by atoms with Gasteiger partial charge < -0.3 is 55.3 Å². The standard InChI is InChI=1S/C35H33NO14/c1-36-34(46)35(47)17-28(48-30(43)11-5-19-2-8-22(37)25(40)14-19)33(50-32(45)13-7-21-4-10-24(39)27(42)16-21)29(18-35)49-31(44)12-6-20-3-9-23(38)26(41)15-20/h2-16,28-29,33,37-42,47H,17-18H2,1H3,(H,36,46)/t28-,29-,33?,35?/m1/s1. The maximum atomic E-state index is 13.0. The fraction of sp³-hybridized carbons (Fsp3) is 0.200. The molecule has 4 rings (SSSR count). The first-order valence-electron chi connectivity index (χ1n) is 14.8. The normalized spacial score (nSPS) is 20.5. The summed E-state index contributed by atoms with van der Waals surface area (Å²) in [5.74, 6) is -6.57. The molecule has 1 saturated carbocycles. The molecule has 15 heteroatoms. The van der Waals surface area contributed by atoms with Crippen LogP contribution in [0.1, 0.15) is 29.5 Å². The zero-order chi connectivity index (χ0) is 36.6. The molecule has 0 radical (unpaired) electrons. The van der Waals surface area contributed by atoms with Crippen molar-refractivity contribution in [2.45, 2.75) is 36.8 Å². The molecule has 15 nitrogen and oxygen atoms in total. The zero-order valence-corrected chi connectivity index (χ0v) is 26.3. The number of hydrogen-bond acceptors (Lipinski definition) is 14. The van der Waals surface area contributed by atoms with E-state index in [1.54, 1.807) is 0 Å². The number of aromatic hydroxyl groups is 6. The van der Waals surface area contributed by atoms with Crippen LogP contribution in [0.25, 0.3) is 18.2 Å². The monoisotopic (exact) mass is 691 g/mol. The number of amides is 1. The van der Waals surface area contributed by atoms with Crippen LogP contribution in [-0.4, -0.2) is 90.5 Å². The number of aliphatic hydroxyl groups is 1. The van der Waals surface area contributed by atoms with Gasteiger partial charge in [-0.3, -0.25) is 4.79 Å². The summed E-state index contributed by atoms with van der Waals surface area (Å²) in [5.41, 5.74) is -1.42. The van der Waals surface area contributed by atoms with Crippen molar-refractivity contribution in [2.24, 2.45) is 0 Å². The molecule has 1 aliphatic rings. The Morgan fingerprint density at radius 2 is 0.940 bits per heavy atom. The minimum absolute atomic E-state index is 0.289. The van der Waals surface area contributed by atoms with Crippen molar-refractivity contribution in [3.05, 3.63) is 89.5 Å². The van der Waals surface area contributed by atoms with Crippen molar-refractivity contribution in [3.8, 4) is 34.5 Å². The van der Waals surface area contributed by atoms with E-state index in [0.29, 0.717) is 0 Å². The van der Waals surface area contributed by atoms with E-state index in [2.05, 4.69) is 5.32 Å². The number of nitrogens with one attached hydrogen (secondary N) is 1. The van der Waals surface area contributed by atoms with Crippen LogP contribution in [0, 0.1) is 0 Å². The SMILES string of the molecule is CNC(=O)C1(O)C[C@@H](OC(=O)C=Cc2ccc(O)c(O)c2)C(OC(=O)C=Cc2ccc(O)c(O)c2)[C@H](OC(=O)C=Cc2ccc(O)c(O)c2)C1. The molecule has 1 fully saturated rings. The van der Waals surface area contributed by atoms with Crippen LogP contribution in [-0.2, 0) is 33.4 Å². The largest absolute Gasteiger partial charge is 0.504 e. The number of hydrogen-bond donors (Lipinski definition) is 8. The molecule has 50 heavy (non-hydrogen) atoms. The molecule has 1 aliphatic carbocycles. The number of phenolic OH excluding ortho intramolecular Hbond substituents is 6. The molecule has 0 heterocycles. The Labute approximate surface area is 284 Å². The van der Waals surface area contributed by atoms with Crippen molar-refractivity contribution in [2.75, 3.05) is 7.05 Å². The number of benzene rings is 3. The first kappa shape index (κ1) is 36.4. The zero-order valence-electron chi connectivity index (χ0n) is 26.3. The quantitative estimate of drug-likeness (QED) is 0.0658. The number of phenols is 6. The van der Waals surface area contributed by atoms with Crippen molar-refractivity contribution in [3.63, 3.8) is 0 Å². The molecule has 0 unspecified atom stereocenters. The summed E-state index contributed by atoms with van der Waals surface area (Å²) >= 11 is 0. The van der Waals surface area contributed by atoms with Gasteiger partial charge in [0.2, 0.25) is 0 Å². The number of carbonyl (C=O) groups excluding carboxylic acids is 4. The van der Waals surface area contributed by atoms with Crippen LogP contribution in [0.5, 0.6) is 34.5 Å². The van der Waals surface area contributed by atoms with Gasteiger partial charge >= 0.3 is 17.9 Å². The minimum Gasteiger partial charge on any atom is -0.504 e. The molecule has 2 atom stereocenters. The van der Waals surface area contributed by atoms with Crippen LogP contribution in [0.4, 0.5) is 0 Å². The van der Waals surface area contributed by atoms with Gasteiger partial charge in [-0.1, -0.05) is 18.2 Å². The predicted molar refractivity (Wildman–Crippen MR) is 174 cm³/mol. The summed E-state index contributed by atoms with van der Waals surface area (Å²) < 4.78 is 16.6. The van der Waals surface area contributed by atoms with E-state index in [1.807, 2.05) is 0 Å². The third-order valence-electron chi connectivity index (χ3n) is 7.48. The number of esters is 3. The second-order valence-electron chi connectivity index (χ2n) is 11.1. The first-order valence-corrected chi connectivity index (χ1v) is 14.8. The first-order chi connectivity index (χ1) is 23.7. The van der Waals surface area contributed by atoms with Crippen LogP contribution >= 0.6 is 0 Å². The summed E-state index contributed by atoms with van der Waals surface area (Å²) in [6, 6.07) is 11.2. The summed E-state index contributed by atoms with van der Waals surface area (Å²) in [4.78, 5) is 51.8. The Hall–Kier alpha value is -6.48. The Kier molecular flexibility index (Phi) is 11.4. The van der Waals surface area contributed by atoms with Gasteiger partial charge in [0.15, 0.2) is 40.6 Å². The Morgan fingerprint density at radius 1 is 0.600 bits per heavy atom. The fourth-order valence-corrected chi connectivity index (χ4v) is 4.98. The molecular formula is C35H33NO14. The average Bonchev–Trinajstić information content (AvgIpc) is 3.07. The minimum atomic E-state index is -2.29. The van der Waals surface area contributed by atoms with E-state index in [9.17, 15) is 54.9 Å². The highest BCUT2D eigenvalue weighted by Crippen LogP contribution is 2.36. The van der Waals surface area contributed by atoms with Crippen LogP contribution in [0.15, 0.2) is 72.8 Å². The molecular weight excluding hydrogens is 658 g/mol. The van der Waals surface area contributed by atoms with E-state index < -0.39 is 95.1 Å². The summed E-state index contributed by atoms with van der Waals surface area (Å²) in [7, 11) is 1.24. The molecule has 1 amide bonds. The number of rotatable bonds is 10. The van der Waals surface area contributed by atoms with E-state index in [0.717, 1.165) is 30.4 Å². The molecule has 3 aromatic carbocycles. The Bertz CT molecular complexity index is 1780. The highest BCUT2D eigenvalue weighted by molar-refractivity contribution is 5.90. The summed E-state index contributed by atoms with van der Waals surface area (Å²) in [6.45, 7) is 0. The topological polar surface area (TPSA) is 250 Å². The average molecular weight is 692 g/mol. The highest BCUT2D eigenvalue weighted by Gasteiger charge is 2.53. The molecule has 3 aromatic rings. The lowest BCUT2D eigenvalue weighted by molar-refractivity contribution is -0.205. The van der Waals surface area contributed by atoms with E-state index in [1.165, 1.54) is 67.7 Å². The summed E-state index contributed by atoms with van der Waals surface area (Å²) in [5, 5.41) is 71.5. The molecule has 0 aromatic heterocycles. The van der Waals surface area contributed by atoms with Crippen molar-refractivity contribution >= 4 is 42.0 Å². The lowest BCUT2D eigenvalue weighted by Gasteiger charge is -2.42. The van der Waals surface area contributed by atoms with Gasteiger partial charge in [0.25, 0.3) is 5.91 Å². The van der Waals surface area contributed by atoms with Crippen molar-refractivity contribution < 1.29 is 69.1 Å². The van der Waals surface area contributed by atoms with Crippen molar-refractivity contribution in [1.29, 1.82) is 0 Å². The lowest BCUT2D eigenvalue weighted by atomic mass is 9.78. The van der Waals surface area contributed by atoms with Gasteiger partial charge in [0.1, 0.15) is 17.8 Å². The van der Waals surface area contributed by atoms with E-state index in [4.69, 9.17) is 14.2 Å². The third kappa shape index (κ3) is 9.32. The molecule has 8 N–H and O–H groups in total. The van der Waals surface area contributed by atoms with Gasteiger partial charge in [-0.2, -0.15) is 0 Å². The maximum absolute atomic E-state index is 13.0. The van der Waals surface area contributed by atoms with E-state index in [-0.39, 0.29) is 16.7 Å². The van der Waals surface area contributed by atoms with Gasteiger partial charge in [0.05, 0.1) is 0 Å². The smallest absolute Gasteiger partial charge is 0.331 e. The lowest BCUT2D eigenvalue weighted by Crippen LogP contribution is -2.61. The van der Waals surface area contributed by atoms with Gasteiger partial charge in [0, 0.05) is 38.1 Å².